The van der Waals surface area contributed by atoms with Crippen molar-refractivity contribution in [3.8, 4) is 5.69 Å². The molecular formula is C37H40N2OS. The van der Waals surface area contributed by atoms with E-state index in [-0.39, 0.29) is 5.56 Å². The summed E-state index contributed by atoms with van der Waals surface area (Å²) in [7, 11) is 0. The molecule has 3 heterocycles. The summed E-state index contributed by atoms with van der Waals surface area (Å²) in [5, 5.41) is 4.90. The number of benzene rings is 3. The van der Waals surface area contributed by atoms with Gasteiger partial charge in [0.15, 0.2) is 0 Å². The van der Waals surface area contributed by atoms with Crippen LogP contribution in [-0.4, -0.2) is 38.1 Å². The maximum absolute atomic E-state index is 13.7. The molecule has 0 amide bonds. The Balaban J connectivity index is 1.11. The fraction of sp³-hybridized carbons (Fsp3) is 0.486. The van der Waals surface area contributed by atoms with Crippen LogP contribution < -0.4 is 5.56 Å². The van der Waals surface area contributed by atoms with Crippen LogP contribution in [0.2, 0.25) is 0 Å². The minimum absolute atomic E-state index is 0.0703. The molecule has 3 aliphatic carbocycles. The number of hydrogen-bond donors (Lipinski definition) is 0. The van der Waals surface area contributed by atoms with E-state index in [2.05, 4.69) is 47.0 Å². The predicted octanol–water partition coefficient (Wildman–Crippen LogP) is 8.31. The van der Waals surface area contributed by atoms with E-state index in [9.17, 15) is 4.79 Å². The van der Waals surface area contributed by atoms with Crippen molar-refractivity contribution >= 4 is 33.4 Å². The number of rotatable bonds is 2. The SMILES string of the molecule is O=c1c2ccccc2c2cc(C3CCC4C(C3)C3CCCC5SC6CCCCC6N4C53)ccc2n1-c1ccccc1. The van der Waals surface area contributed by atoms with Gasteiger partial charge in [-0.1, -0.05) is 61.7 Å². The number of aromatic nitrogens is 1. The molecule has 4 heteroatoms. The maximum atomic E-state index is 13.7. The molecule has 8 atom stereocenters. The summed E-state index contributed by atoms with van der Waals surface area (Å²) in [5.74, 6) is 2.38. The zero-order chi connectivity index (χ0) is 27.1. The molecule has 0 bridgehead atoms. The Morgan fingerprint density at radius 1 is 0.659 bits per heavy atom. The standard InChI is InChI=1S/C37H40N2OS/c40-37-28-12-5-4-11-26(28)29-21-23(17-19-31(29)38(37)25-9-2-1-3-10-25)24-18-20-32-30(22-24)27-13-8-16-35-36(27)39(32)33-14-6-7-15-34(33)41-35/h1-5,9-12,17,19,21,24,27,30,32-36H,6-8,13-16,18,20,22H2. The average Bonchev–Trinajstić information content (AvgIpc) is 3.37. The van der Waals surface area contributed by atoms with Crippen LogP contribution in [-0.2, 0) is 0 Å². The molecular weight excluding hydrogens is 520 g/mol. The molecule has 5 aliphatic rings. The lowest BCUT2D eigenvalue weighted by Crippen LogP contribution is -2.59. The molecule has 4 aromatic rings. The van der Waals surface area contributed by atoms with Crippen LogP contribution in [0.15, 0.2) is 77.6 Å². The maximum Gasteiger partial charge on any atom is 0.263 e. The largest absolute Gasteiger partial charge is 0.292 e. The Morgan fingerprint density at radius 2 is 1.46 bits per heavy atom. The molecule has 0 spiro atoms. The molecule has 210 valence electrons. The van der Waals surface area contributed by atoms with Crippen molar-refractivity contribution in [1.29, 1.82) is 0 Å². The van der Waals surface area contributed by atoms with Crippen LogP contribution in [0.1, 0.15) is 75.7 Å². The minimum Gasteiger partial charge on any atom is -0.292 e. The van der Waals surface area contributed by atoms with Crippen LogP contribution in [0.5, 0.6) is 0 Å². The highest BCUT2D eigenvalue weighted by molar-refractivity contribution is 8.00. The summed E-state index contributed by atoms with van der Waals surface area (Å²) >= 11 is 2.42. The van der Waals surface area contributed by atoms with Gasteiger partial charge in [0.05, 0.1) is 5.52 Å². The highest BCUT2D eigenvalue weighted by Gasteiger charge is 2.59. The van der Waals surface area contributed by atoms with Crippen LogP contribution in [0, 0.1) is 11.8 Å². The molecule has 3 aromatic carbocycles. The van der Waals surface area contributed by atoms with Gasteiger partial charge < -0.3 is 0 Å². The quantitative estimate of drug-likeness (QED) is 0.231. The Kier molecular flexibility index (Phi) is 5.94. The zero-order valence-electron chi connectivity index (χ0n) is 23.8. The Labute approximate surface area is 247 Å². The first-order chi connectivity index (χ1) is 20.3. The lowest BCUT2D eigenvalue weighted by Gasteiger charge is -2.53. The second kappa shape index (κ2) is 9.74. The Morgan fingerprint density at radius 3 is 2.37 bits per heavy atom. The second-order valence-corrected chi connectivity index (χ2v) is 15.1. The fourth-order valence-electron chi connectivity index (χ4n) is 10.2. The highest BCUT2D eigenvalue weighted by atomic mass is 32.2. The number of fused-ring (bicyclic) bond motifs is 8. The van der Waals surface area contributed by atoms with Crippen molar-refractivity contribution in [2.24, 2.45) is 11.8 Å². The van der Waals surface area contributed by atoms with Crippen LogP contribution in [0.25, 0.3) is 27.4 Å². The van der Waals surface area contributed by atoms with Crippen molar-refractivity contribution in [1.82, 2.24) is 9.47 Å². The van der Waals surface area contributed by atoms with Gasteiger partial charge in [-0.2, -0.15) is 11.8 Å². The smallest absolute Gasteiger partial charge is 0.263 e. The molecule has 3 saturated carbocycles. The number of pyridine rings is 1. The lowest BCUT2D eigenvalue weighted by atomic mass is 9.69. The summed E-state index contributed by atoms with van der Waals surface area (Å²) in [6.07, 6.45) is 14.2. The molecule has 0 radical (unpaired) electrons. The second-order valence-electron chi connectivity index (χ2n) is 13.6. The number of hydrogen-bond acceptors (Lipinski definition) is 3. The van der Waals surface area contributed by atoms with Gasteiger partial charge >= 0.3 is 0 Å². The van der Waals surface area contributed by atoms with E-state index in [1.807, 2.05) is 47.0 Å². The van der Waals surface area contributed by atoms with Crippen LogP contribution in [0.4, 0.5) is 0 Å². The Hall–Kier alpha value is -2.56. The number of nitrogens with zero attached hydrogens (tertiary/aromatic N) is 2. The summed E-state index contributed by atoms with van der Waals surface area (Å²) in [4.78, 5) is 16.9. The molecule has 1 aromatic heterocycles. The predicted molar refractivity (Wildman–Crippen MR) is 171 cm³/mol. The Bertz CT molecular complexity index is 1680. The lowest BCUT2D eigenvalue weighted by molar-refractivity contribution is 0.0606. The monoisotopic (exact) mass is 560 g/mol. The topological polar surface area (TPSA) is 25.2 Å². The van der Waals surface area contributed by atoms with Gasteiger partial charge in [-0.25, -0.2) is 0 Å². The molecule has 8 unspecified atom stereocenters. The molecule has 0 N–H and O–H groups in total. The van der Waals surface area contributed by atoms with Crippen molar-refractivity contribution in [3.05, 3.63) is 88.7 Å². The summed E-state index contributed by atoms with van der Waals surface area (Å²) in [5.41, 5.74) is 3.52. The van der Waals surface area contributed by atoms with E-state index in [1.165, 1.54) is 75.2 Å². The van der Waals surface area contributed by atoms with Gasteiger partial charge in [0, 0.05) is 45.1 Å². The summed E-state index contributed by atoms with van der Waals surface area (Å²) in [6, 6.07) is 28.0. The molecule has 3 nitrogen and oxygen atoms in total. The molecule has 9 rings (SSSR count). The highest BCUT2D eigenvalue weighted by Crippen LogP contribution is 2.59. The van der Waals surface area contributed by atoms with Crippen LogP contribution >= 0.6 is 11.8 Å². The van der Waals surface area contributed by atoms with Crippen LogP contribution in [0.3, 0.4) is 0 Å². The minimum atomic E-state index is 0.0703. The van der Waals surface area contributed by atoms with E-state index < -0.39 is 0 Å². The van der Waals surface area contributed by atoms with E-state index in [0.717, 1.165) is 62.4 Å². The van der Waals surface area contributed by atoms with E-state index in [1.54, 1.807) is 0 Å². The number of thioether (sulfide) groups is 1. The van der Waals surface area contributed by atoms with Gasteiger partial charge in [-0.3, -0.25) is 14.3 Å². The van der Waals surface area contributed by atoms with E-state index in [0.29, 0.717) is 5.92 Å². The zero-order valence-corrected chi connectivity index (χ0v) is 24.6. The van der Waals surface area contributed by atoms with Gasteiger partial charge in [0.1, 0.15) is 0 Å². The van der Waals surface area contributed by atoms with Crippen molar-refractivity contribution in [2.75, 3.05) is 0 Å². The van der Waals surface area contributed by atoms with Gasteiger partial charge in [-0.05, 0) is 104 Å². The first-order valence-corrected chi connectivity index (χ1v) is 17.3. The molecule has 2 aliphatic heterocycles. The van der Waals surface area contributed by atoms with Crippen molar-refractivity contribution in [2.45, 2.75) is 98.8 Å². The third-order valence-electron chi connectivity index (χ3n) is 11.8. The third kappa shape index (κ3) is 3.79. The first kappa shape index (κ1) is 25.0. The number of para-hydroxylation sites is 1. The van der Waals surface area contributed by atoms with Gasteiger partial charge in [0.25, 0.3) is 5.56 Å². The first-order valence-electron chi connectivity index (χ1n) is 16.3. The van der Waals surface area contributed by atoms with Gasteiger partial charge in [-0.15, -0.1) is 0 Å². The molecule has 2 saturated heterocycles. The van der Waals surface area contributed by atoms with Crippen molar-refractivity contribution in [3.63, 3.8) is 0 Å². The summed E-state index contributed by atoms with van der Waals surface area (Å²) < 4.78 is 1.92. The van der Waals surface area contributed by atoms with E-state index in [4.69, 9.17) is 0 Å². The summed E-state index contributed by atoms with van der Waals surface area (Å²) in [6.45, 7) is 0. The normalized spacial score (nSPS) is 34.7. The van der Waals surface area contributed by atoms with Gasteiger partial charge in [0.2, 0.25) is 0 Å². The molecule has 5 fully saturated rings. The fourth-order valence-corrected chi connectivity index (χ4v) is 12.2. The van der Waals surface area contributed by atoms with Crippen molar-refractivity contribution < 1.29 is 0 Å². The van der Waals surface area contributed by atoms with E-state index >= 15 is 0 Å². The molecule has 41 heavy (non-hydrogen) atoms. The third-order valence-corrected chi connectivity index (χ3v) is 13.5. The average molecular weight is 561 g/mol.